The Bertz CT molecular complexity index is 861. The number of nitrogens with one attached hydrogen (secondary N) is 2. The number of carbonyl (C=O) groups is 2. The highest BCUT2D eigenvalue weighted by molar-refractivity contribution is 5.97. The van der Waals surface area contributed by atoms with Crippen molar-refractivity contribution in [3.63, 3.8) is 0 Å². The molecule has 3 aromatic rings. The Kier molecular flexibility index (Phi) is 5.67. The quantitative estimate of drug-likeness (QED) is 0.685. The Morgan fingerprint density at radius 1 is 0.962 bits per heavy atom. The highest BCUT2D eigenvalue weighted by Crippen LogP contribution is 2.12. The van der Waals surface area contributed by atoms with Crippen molar-refractivity contribution >= 4 is 17.5 Å². The average molecular weight is 350 g/mol. The second-order valence-corrected chi connectivity index (χ2v) is 5.49. The lowest BCUT2D eigenvalue weighted by Gasteiger charge is -2.09. The van der Waals surface area contributed by atoms with Crippen LogP contribution >= 0.6 is 0 Å². The van der Waals surface area contributed by atoms with Crippen LogP contribution in [-0.2, 0) is 11.3 Å². The molecule has 26 heavy (non-hydrogen) atoms. The van der Waals surface area contributed by atoms with Gasteiger partial charge in [-0.1, -0.05) is 24.3 Å². The third-order valence-electron chi connectivity index (χ3n) is 3.52. The van der Waals surface area contributed by atoms with Crippen LogP contribution in [0.25, 0.3) is 0 Å². The zero-order chi connectivity index (χ0) is 18.2. The molecule has 0 aliphatic heterocycles. The molecule has 1 heterocycles. The van der Waals surface area contributed by atoms with Crippen LogP contribution < -0.4 is 15.4 Å². The third kappa shape index (κ3) is 4.98. The summed E-state index contributed by atoms with van der Waals surface area (Å²) in [6, 6.07) is 19.3. The Morgan fingerprint density at radius 3 is 2.58 bits per heavy atom. The largest absolute Gasteiger partial charge is 0.484 e. The standard InChI is InChI=1S/C20H18N2O4/c23-19(14-26-17-8-2-1-3-9-17)22-16-7-4-6-15(12-16)20(24)21-13-18-10-5-11-25-18/h1-12H,13-14H2,(H,21,24)(H,22,23). The molecule has 3 rings (SSSR count). The van der Waals surface area contributed by atoms with Gasteiger partial charge in [0.25, 0.3) is 11.8 Å². The minimum absolute atomic E-state index is 0.112. The monoisotopic (exact) mass is 350 g/mol. The maximum absolute atomic E-state index is 12.2. The Labute approximate surface area is 150 Å². The molecule has 6 heteroatoms. The highest BCUT2D eigenvalue weighted by Gasteiger charge is 2.09. The van der Waals surface area contributed by atoms with Crippen molar-refractivity contribution in [3.8, 4) is 5.75 Å². The van der Waals surface area contributed by atoms with Gasteiger partial charge in [0.1, 0.15) is 11.5 Å². The van der Waals surface area contributed by atoms with Gasteiger partial charge < -0.3 is 19.8 Å². The molecule has 0 fully saturated rings. The van der Waals surface area contributed by atoms with E-state index in [0.717, 1.165) is 0 Å². The molecule has 0 aliphatic rings. The van der Waals surface area contributed by atoms with Gasteiger partial charge in [0, 0.05) is 11.3 Å². The fraction of sp³-hybridized carbons (Fsp3) is 0.100. The summed E-state index contributed by atoms with van der Waals surface area (Å²) in [5, 5.41) is 5.47. The smallest absolute Gasteiger partial charge is 0.262 e. The van der Waals surface area contributed by atoms with Crippen molar-refractivity contribution in [2.45, 2.75) is 6.54 Å². The average Bonchev–Trinajstić information content (AvgIpc) is 3.19. The summed E-state index contributed by atoms with van der Waals surface area (Å²) >= 11 is 0. The number of hydrogen-bond acceptors (Lipinski definition) is 4. The zero-order valence-corrected chi connectivity index (χ0v) is 14.0. The van der Waals surface area contributed by atoms with Crippen LogP contribution in [0.15, 0.2) is 77.4 Å². The van der Waals surface area contributed by atoms with Crippen LogP contribution in [0.1, 0.15) is 16.1 Å². The van der Waals surface area contributed by atoms with Crippen molar-refractivity contribution in [2.24, 2.45) is 0 Å². The first kappa shape index (κ1) is 17.3. The molecule has 0 aliphatic carbocycles. The van der Waals surface area contributed by atoms with Crippen LogP contribution in [0, 0.1) is 0 Å². The number of carbonyl (C=O) groups excluding carboxylic acids is 2. The van der Waals surface area contributed by atoms with E-state index in [4.69, 9.17) is 9.15 Å². The Hall–Kier alpha value is -3.54. The molecule has 2 N–H and O–H groups in total. The first-order valence-electron chi connectivity index (χ1n) is 8.09. The third-order valence-corrected chi connectivity index (χ3v) is 3.52. The van der Waals surface area contributed by atoms with E-state index in [1.807, 2.05) is 18.2 Å². The maximum atomic E-state index is 12.2. The lowest BCUT2D eigenvalue weighted by molar-refractivity contribution is -0.118. The summed E-state index contributed by atoms with van der Waals surface area (Å²) in [6.45, 7) is 0.187. The number of anilines is 1. The van der Waals surface area contributed by atoms with Crippen LogP contribution in [0.5, 0.6) is 5.75 Å². The normalized spacial score (nSPS) is 10.2. The molecule has 0 radical (unpaired) electrons. The fourth-order valence-electron chi connectivity index (χ4n) is 2.28. The summed E-state index contributed by atoms with van der Waals surface area (Å²) in [5.41, 5.74) is 0.968. The van der Waals surface area contributed by atoms with Crippen LogP contribution in [0.4, 0.5) is 5.69 Å². The second-order valence-electron chi connectivity index (χ2n) is 5.49. The van der Waals surface area contributed by atoms with Crippen molar-refractivity contribution in [1.29, 1.82) is 0 Å². The van der Waals surface area contributed by atoms with Gasteiger partial charge in [-0.3, -0.25) is 9.59 Å². The predicted molar refractivity (Wildman–Crippen MR) is 96.9 cm³/mol. The fourth-order valence-corrected chi connectivity index (χ4v) is 2.28. The highest BCUT2D eigenvalue weighted by atomic mass is 16.5. The summed E-state index contributed by atoms with van der Waals surface area (Å²) in [6.07, 6.45) is 1.55. The molecule has 0 saturated heterocycles. The molecule has 132 valence electrons. The maximum Gasteiger partial charge on any atom is 0.262 e. The summed E-state index contributed by atoms with van der Waals surface area (Å²) in [4.78, 5) is 24.2. The molecular formula is C20H18N2O4. The summed E-state index contributed by atoms with van der Waals surface area (Å²) < 4.78 is 10.6. The Morgan fingerprint density at radius 2 is 1.81 bits per heavy atom. The molecule has 0 bridgehead atoms. The van der Waals surface area contributed by atoms with Gasteiger partial charge in [-0.2, -0.15) is 0 Å². The van der Waals surface area contributed by atoms with E-state index >= 15 is 0 Å². The van der Waals surface area contributed by atoms with E-state index in [0.29, 0.717) is 29.3 Å². The zero-order valence-electron chi connectivity index (χ0n) is 14.0. The molecular weight excluding hydrogens is 332 g/mol. The lowest BCUT2D eigenvalue weighted by Crippen LogP contribution is -2.23. The van der Waals surface area contributed by atoms with Crippen molar-refractivity contribution in [2.75, 3.05) is 11.9 Å². The van der Waals surface area contributed by atoms with E-state index in [-0.39, 0.29) is 18.4 Å². The van der Waals surface area contributed by atoms with Gasteiger partial charge in [-0.05, 0) is 42.5 Å². The number of rotatable bonds is 7. The number of benzene rings is 2. The number of para-hydroxylation sites is 1. The van der Waals surface area contributed by atoms with Gasteiger partial charge in [-0.25, -0.2) is 0 Å². The van der Waals surface area contributed by atoms with E-state index in [9.17, 15) is 9.59 Å². The molecule has 0 unspecified atom stereocenters. The van der Waals surface area contributed by atoms with Gasteiger partial charge in [0.15, 0.2) is 6.61 Å². The summed E-state index contributed by atoms with van der Waals surface area (Å²) in [7, 11) is 0. The molecule has 0 spiro atoms. The van der Waals surface area contributed by atoms with Crippen LogP contribution in [0.3, 0.4) is 0 Å². The number of ether oxygens (including phenoxy) is 1. The first-order valence-corrected chi connectivity index (χ1v) is 8.09. The van der Waals surface area contributed by atoms with E-state index in [1.54, 1.807) is 54.8 Å². The number of furan rings is 1. The van der Waals surface area contributed by atoms with Gasteiger partial charge >= 0.3 is 0 Å². The lowest BCUT2D eigenvalue weighted by atomic mass is 10.2. The van der Waals surface area contributed by atoms with Crippen molar-refractivity contribution in [1.82, 2.24) is 5.32 Å². The second kappa shape index (κ2) is 8.53. The van der Waals surface area contributed by atoms with E-state index < -0.39 is 0 Å². The summed E-state index contributed by atoms with van der Waals surface area (Å²) in [5.74, 6) is 0.731. The van der Waals surface area contributed by atoms with Crippen LogP contribution in [-0.4, -0.2) is 18.4 Å². The predicted octanol–water partition coefficient (Wildman–Crippen LogP) is 3.23. The van der Waals surface area contributed by atoms with Gasteiger partial charge in [-0.15, -0.1) is 0 Å². The number of amides is 2. The van der Waals surface area contributed by atoms with E-state index in [1.165, 1.54) is 0 Å². The van der Waals surface area contributed by atoms with Crippen molar-refractivity contribution < 1.29 is 18.7 Å². The minimum atomic E-state index is -0.304. The molecule has 0 atom stereocenters. The minimum Gasteiger partial charge on any atom is -0.484 e. The number of hydrogen-bond donors (Lipinski definition) is 2. The molecule has 2 aromatic carbocycles. The van der Waals surface area contributed by atoms with Crippen LogP contribution in [0.2, 0.25) is 0 Å². The molecule has 6 nitrogen and oxygen atoms in total. The molecule has 2 amide bonds. The SMILES string of the molecule is O=C(COc1ccccc1)Nc1cccc(C(=O)NCc2ccco2)c1. The van der Waals surface area contributed by atoms with Gasteiger partial charge in [0.05, 0.1) is 12.8 Å². The molecule has 1 aromatic heterocycles. The first-order chi connectivity index (χ1) is 12.7. The molecule has 0 saturated carbocycles. The van der Waals surface area contributed by atoms with Gasteiger partial charge in [0.2, 0.25) is 0 Å². The Balaban J connectivity index is 1.53. The topological polar surface area (TPSA) is 80.6 Å². The van der Waals surface area contributed by atoms with E-state index in [2.05, 4.69) is 10.6 Å². The van der Waals surface area contributed by atoms with Crippen molar-refractivity contribution in [3.05, 3.63) is 84.3 Å².